The van der Waals surface area contributed by atoms with E-state index in [1.54, 1.807) is 0 Å². The summed E-state index contributed by atoms with van der Waals surface area (Å²) in [5, 5.41) is 0. The topological polar surface area (TPSA) is 63.7 Å². The molecular formula is C30H25NO4. The monoisotopic (exact) mass is 463 g/mol. The van der Waals surface area contributed by atoms with Crippen LogP contribution >= 0.6 is 0 Å². The fraction of sp³-hybridized carbons (Fsp3) is 0.233. The van der Waals surface area contributed by atoms with Gasteiger partial charge in [-0.3, -0.25) is 14.4 Å². The second-order valence-electron chi connectivity index (χ2n) is 9.81. The molecule has 0 unspecified atom stereocenters. The molecule has 1 fully saturated rings. The molecule has 0 aromatic heterocycles. The number of allylic oxidation sites excluding steroid dienone is 1. The van der Waals surface area contributed by atoms with Crippen LogP contribution in [0.25, 0.3) is 5.57 Å². The lowest BCUT2D eigenvalue weighted by molar-refractivity contribution is -0.142. The molecule has 0 radical (unpaired) electrons. The number of ether oxygens (including phenoxy) is 1. The Morgan fingerprint density at radius 3 is 2.23 bits per heavy atom. The number of aryl methyl sites for hydroxylation is 3. The van der Waals surface area contributed by atoms with Gasteiger partial charge in [-0.05, 0) is 60.7 Å². The molecule has 3 aromatic carbocycles. The molecule has 0 saturated carbocycles. The summed E-state index contributed by atoms with van der Waals surface area (Å²) in [6.07, 6.45) is 2.02. The number of esters is 1. The van der Waals surface area contributed by atoms with Crippen molar-refractivity contribution in [2.24, 2.45) is 17.8 Å². The van der Waals surface area contributed by atoms with Gasteiger partial charge in [-0.1, -0.05) is 60.7 Å². The van der Waals surface area contributed by atoms with E-state index in [0.29, 0.717) is 11.4 Å². The van der Waals surface area contributed by atoms with Gasteiger partial charge in [0.15, 0.2) is 0 Å². The molecule has 0 bridgehead atoms. The van der Waals surface area contributed by atoms with Gasteiger partial charge >= 0.3 is 5.97 Å². The van der Waals surface area contributed by atoms with E-state index < -0.39 is 23.7 Å². The molecule has 5 heteroatoms. The van der Waals surface area contributed by atoms with Gasteiger partial charge in [-0.25, -0.2) is 4.90 Å². The molecule has 4 atom stereocenters. The molecule has 35 heavy (non-hydrogen) atoms. The predicted octanol–water partition coefficient (Wildman–Crippen LogP) is 5.13. The smallest absolute Gasteiger partial charge is 0.319 e. The predicted molar refractivity (Wildman–Crippen MR) is 133 cm³/mol. The number of nitrogens with zero attached hydrogens (tertiary/aromatic N) is 1. The van der Waals surface area contributed by atoms with Gasteiger partial charge in [0.25, 0.3) is 0 Å². The Hall–Kier alpha value is -3.99. The van der Waals surface area contributed by atoms with Gasteiger partial charge < -0.3 is 4.74 Å². The molecular weight excluding hydrogens is 438 g/mol. The average Bonchev–Trinajstić information content (AvgIpc) is 3.10. The quantitative estimate of drug-likeness (QED) is 0.300. The Morgan fingerprint density at radius 1 is 0.771 bits per heavy atom. The zero-order valence-corrected chi connectivity index (χ0v) is 19.8. The number of carbonyl (C=O) groups excluding carboxylic acids is 3. The second-order valence-corrected chi connectivity index (χ2v) is 9.81. The van der Waals surface area contributed by atoms with Gasteiger partial charge in [-0.15, -0.1) is 0 Å². The number of benzene rings is 3. The van der Waals surface area contributed by atoms with E-state index in [-0.39, 0.29) is 17.7 Å². The summed E-state index contributed by atoms with van der Waals surface area (Å²) in [5.74, 6) is -3.22. The van der Waals surface area contributed by atoms with Crippen molar-refractivity contribution in [1.29, 1.82) is 0 Å². The summed E-state index contributed by atoms with van der Waals surface area (Å²) >= 11 is 0. The van der Waals surface area contributed by atoms with Crippen molar-refractivity contribution in [3.63, 3.8) is 0 Å². The minimum Gasteiger partial charge on any atom is -0.425 e. The molecule has 0 spiro atoms. The van der Waals surface area contributed by atoms with Crippen LogP contribution in [0.4, 0.5) is 5.69 Å². The highest BCUT2D eigenvalue weighted by atomic mass is 16.5. The van der Waals surface area contributed by atoms with Gasteiger partial charge in [0.2, 0.25) is 11.8 Å². The first-order valence-corrected chi connectivity index (χ1v) is 11.9. The Kier molecular flexibility index (Phi) is 4.78. The van der Waals surface area contributed by atoms with E-state index in [1.807, 2.05) is 93.6 Å². The first-order chi connectivity index (χ1) is 16.8. The van der Waals surface area contributed by atoms with Crippen LogP contribution < -0.4 is 9.64 Å². The summed E-state index contributed by atoms with van der Waals surface area (Å²) in [5.41, 5.74) is 5.90. The van der Waals surface area contributed by atoms with Crippen molar-refractivity contribution < 1.29 is 19.1 Å². The summed E-state index contributed by atoms with van der Waals surface area (Å²) in [6, 6.07) is 21.3. The lowest BCUT2D eigenvalue weighted by Gasteiger charge is -2.38. The van der Waals surface area contributed by atoms with E-state index >= 15 is 0 Å². The maximum atomic E-state index is 14.0. The largest absolute Gasteiger partial charge is 0.425 e. The van der Waals surface area contributed by atoms with Crippen molar-refractivity contribution in [2.45, 2.75) is 26.7 Å². The first-order valence-electron chi connectivity index (χ1n) is 11.9. The maximum absolute atomic E-state index is 14.0. The third kappa shape index (κ3) is 3.18. The molecule has 5 nitrogen and oxygen atoms in total. The number of amides is 2. The molecule has 6 rings (SSSR count). The zero-order valence-electron chi connectivity index (χ0n) is 19.8. The van der Waals surface area contributed by atoms with E-state index in [2.05, 4.69) is 0 Å². The number of hydrogen-bond acceptors (Lipinski definition) is 4. The number of carbonyl (C=O) groups is 3. The highest BCUT2D eigenvalue weighted by Gasteiger charge is 2.60. The van der Waals surface area contributed by atoms with Crippen LogP contribution in [0.15, 0.2) is 72.8 Å². The van der Waals surface area contributed by atoms with Crippen LogP contribution in [0.5, 0.6) is 5.75 Å². The maximum Gasteiger partial charge on any atom is 0.319 e. The molecule has 2 aliphatic heterocycles. The zero-order chi connectivity index (χ0) is 24.4. The first kappa shape index (κ1) is 21.5. The van der Waals surface area contributed by atoms with Crippen molar-refractivity contribution in [3.05, 3.63) is 101 Å². The van der Waals surface area contributed by atoms with Gasteiger partial charge in [0.05, 0.1) is 23.4 Å². The average molecular weight is 464 g/mol. The Balaban J connectivity index is 1.56. The van der Waals surface area contributed by atoms with Crippen molar-refractivity contribution >= 4 is 29.0 Å². The molecule has 2 heterocycles. The summed E-state index contributed by atoms with van der Waals surface area (Å²) in [7, 11) is 0. The highest BCUT2D eigenvalue weighted by Crippen LogP contribution is 2.54. The van der Waals surface area contributed by atoms with Crippen LogP contribution in [-0.2, 0) is 14.4 Å². The number of anilines is 1. The molecule has 0 N–H and O–H groups in total. The molecule has 3 aliphatic rings. The van der Waals surface area contributed by atoms with Crippen LogP contribution in [0, 0.1) is 38.5 Å². The van der Waals surface area contributed by atoms with E-state index in [4.69, 9.17) is 4.74 Å². The Labute approximate surface area is 204 Å². The lowest BCUT2D eigenvalue weighted by atomic mass is 9.64. The minimum absolute atomic E-state index is 0.264. The van der Waals surface area contributed by atoms with Gasteiger partial charge in [-0.2, -0.15) is 0 Å². The Morgan fingerprint density at radius 2 is 1.46 bits per heavy atom. The minimum atomic E-state index is -0.824. The summed E-state index contributed by atoms with van der Waals surface area (Å²) in [6.45, 7) is 5.77. The summed E-state index contributed by atoms with van der Waals surface area (Å²) in [4.78, 5) is 42.7. The fourth-order valence-electron chi connectivity index (χ4n) is 5.87. The van der Waals surface area contributed by atoms with Crippen LogP contribution in [0.2, 0.25) is 0 Å². The number of fused-ring (bicyclic) bond motifs is 5. The molecule has 1 saturated heterocycles. The molecule has 1 aliphatic carbocycles. The number of rotatable bonds is 2. The van der Waals surface area contributed by atoms with Crippen LogP contribution in [0.1, 0.15) is 33.7 Å². The third-order valence-corrected chi connectivity index (χ3v) is 7.54. The highest BCUT2D eigenvalue weighted by molar-refractivity contribution is 6.25. The van der Waals surface area contributed by atoms with Crippen molar-refractivity contribution in [1.82, 2.24) is 0 Å². The Bertz CT molecular complexity index is 1440. The molecule has 2 amide bonds. The van der Waals surface area contributed by atoms with Gasteiger partial charge in [0.1, 0.15) is 5.75 Å². The lowest BCUT2D eigenvalue weighted by Crippen LogP contribution is -2.42. The molecule has 3 aromatic rings. The van der Waals surface area contributed by atoms with Crippen LogP contribution in [0.3, 0.4) is 0 Å². The number of imide groups is 1. The third-order valence-electron chi connectivity index (χ3n) is 7.54. The SMILES string of the molecule is Cc1ccc2c(c1)OC(=O)[C@@H]1C2=C[C@H](c2ccccc2)[C@@H]2C(=O)N(c3cc(C)ccc3C)C(=O)[C@@H]12. The fourth-order valence-corrected chi connectivity index (χ4v) is 5.87. The van der Waals surface area contributed by atoms with Crippen molar-refractivity contribution in [3.8, 4) is 5.75 Å². The number of hydrogen-bond donors (Lipinski definition) is 0. The van der Waals surface area contributed by atoms with E-state index in [1.165, 1.54) is 4.90 Å². The van der Waals surface area contributed by atoms with E-state index in [9.17, 15) is 14.4 Å². The van der Waals surface area contributed by atoms with Gasteiger partial charge in [0, 0.05) is 11.5 Å². The summed E-state index contributed by atoms with van der Waals surface area (Å²) < 4.78 is 5.74. The van der Waals surface area contributed by atoms with Crippen molar-refractivity contribution in [2.75, 3.05) is 4.90 Å². The molecule has 174 valence electrons. The second kappa shape index (κ2) is 7.77. The normalized spacial score (nSPS) is 24.9. The standard InChI is InChI=1S/C30H25NO4/c1-16-9-11-18(3)23(13-16)31-28(32)25-21(19-7-5-4-6-8-19)15-22-20-12-10-17(2)14-24(20)35-30(34)26(22)27(25)29(31)33/h4-15,21,25-27H,1-3H3/t21-,25+,26-,27-/m1/s1. The van der Waals surface area contributed by atoms with E-state index in [0.717, 1.165) is 33.4 Å². The van der Waals surface area contributed by atoms with Crippen LogP contribution in [-0.4, -0.2) is 17.8 Å².